The number of benzene rings is 2. The van der Waals surface area contributed by atoms with Crippen molar-refractivity contribution in [3.05, 3.63) is 47.5 Å². The Balaban J connectivity index is 1.50. The van der Waals surface area contributed by atoms with Crippen LogP contribution in [0.15, 0.2) is 41.3 Å². The molecular weight excluding hydrogens is 352 g/mol. The van der Waals surface area contributed by atoms with Gasteiger partial charge in [0.1, 0.15) is 0 Å². The third kappa shape index (κ3) is 3.35. The van der Waals surface area contributed by atoms with Crippen LogP contribution < -0.4 is 20.1 Å². The van der Waals surface area contributed by atoms with Gasteiger partial charge in [0.2, 0.25) is 12.7 Å². The standard InChI is InChI=1S/C19H18N2O4S/c1-11(12-2-4-15-16(9-12)25-10-24-15)20-19(23)13-3-5-17-14(8-13)21-18(22)6-7-26-17/h2-5,8-9,11H,6-7,10H2,1H3,(H,20,23)(H,21,22)/t11-/m1/s1. The Kier molecular flexibility index (Phi) is 4.46. The van der Waals surface area contributed by atoms with Gasteiger partial charge in [-0.3, -0.25) is 9.59 Å². The van der Waals surface area contributed by atoms with Gasteiger partial charge in [-0.1, -0.05) is 6.07 Å². The largest absolute Gasteiger partial charge is 0.454 e. The molecule has 2 aromatic rings. The van der Waals surface area contributed by atoms with Gasteiger partial charge in [0, 0.05) is 22.6 Å². The van der Waals surface area contributed by atoms with Crippen molar-refractivity contribution in [2.45, 2.75) is 24.3 Å². The summed E-state index contributed by atoms with van der Waals surface area (Å²) in [5, 5.41) is 5.84. The fraction of sp³-hybridized carbons (Fsp3) is 0.263. The summed E-state index contributed by atoms with van der Waals surface area (Å²) in [6.45, 7) is 2.13. The molecular formula is C19H18N2O4S. The summed E-state index contributed by atoms with van der Waals surface area (Å²) in [6, 6.07) is 10.8. The summed E-state index contributed by atoms with van der Waals surface area (Å²) in [5.74, 6) is 1.93. The first kappa shape index (κ1) is 16.8. The van der Waals surface area contributed by atoms with Crippen molar-refractivity contribution in [1.82, 2.24) is 5.32 Å². The fourth-order valence-electron chi connectivity index (χ4n) is 2.91. The number of hydrogen-bond acceptors (Lipinski definition) is 5. The zero-order chi connectivity index (χ0) is 18.1. The molecule has 0 saturated heterocycles. The third-order valence-electron chi connectivity index (χ3n) is 4.35. The average molecular weight is 370 g/mol. The van der Waals surface area contributed by atoms with Crippen LogP contribution in [0.4, 0.5) is 5.69 Å². The summed E-state index contributed by atoms with van der Waals surface area (Å²) in [5.41, 5.74) is 2.14. The minimum Gasteiger partial charge on any atom is -0.454 e. The fourth-order valence-corrected chi connectivity index (χ4v) is 3.84. The van der Waals surface area contributed by atoms with Gasteiger partial charge in [0.15, 0.2) is 11.5 Å². The van der Waals surface area contributed by atoms with Crippen LogP contribution >= 0.6 is 11.8 Å². The maximum Gasteiger partial charge on any atom is 0.251 e. The van der Waals surface area contributed by atoms with Gasteiger partial charge >= 0.3 is 0 Å². The van der Waals surface area contributed by atoms with Crippen LogP contribution in [0.2, 0.25) is 0 Å². The second kappa shape index (κ2) is 6.92. The van der Waals surface area contributed by atoms with Crippen molar-refractivity contribution in [3.63, 3.8) is 0 Å². The lowest BCUT2D eigenvalue weighted by Gasteiger charge is -2.16. The number of ether oxygens (including phenoxy) is 2. The highest BCUT2D eigenvalue weighted by atomic mass is 32.2. The number of rotatable bonds is 3. The first-order valence-corrected chi connectivity index (χ1v) is 9.36. The Labute approximate surface area is 155 Å². The Morgan fingerprint density at radius 1 is 1.19 bits per heavy atom. The predicted molar refractivity (Wildman–Crippen MR) is 98.9 cm³/mol. The average Bonchev–Trinajstić information content (AvgIpc) is 3.02. The highest BCUT2D eigenvalue weighted by Gasteiger charge is 2.19. The second-order valence-corrected chi connectivity index (χ2v) is 7.30. The molecule has 0 fully saturated rings. The maximum absolute atomic E-state index is 12.6. The Morgan fingerprint density at radius 3 is 2.92 bits per heavy atom. The van der Waals surface area contributed by atoms with Crippen LogP contribution in [0.5, 0.6) is 11.5 Å². The van der Waals surface area contributed by atoms with E-state index in [0.717, 1.165) is 16.2 Å². The number of carbonyl (C=O) groups excluding carboxylic acids is 2. The number of fused-ring (bicyclic) bond motifs is 2. The van der Waals surface area contributed by atoms with Crippen molar-refractivity contribution in [1.29, 1.82) is 0 Å². The van der Waals surface area contributed by atoms with Gasteiger partial charge in [0.05, 0.1) is 11.7 Å². The molecule has 0 aliphatic carbocycles. The molecule has 0 bridgehead atoms. The van der Waals surface area contributed by atoms with Crippen molar-refractivity contribution in [2.24, 2.45) is 0 Å². The summed E-state index contributed by atoms with van der Waals surface area (Å²) in [4.78, 5) is 25.3. The maximum atomic E-state index is 12.6. The topological polar surface area (TPSA) is 76.7 Å². The first-order chi connectivity index (χ1) is 12.6. The van der Waals surface area contributed by atoms with Crippen LogP contribution in [-0.4, -0.2) is 24.4 Å². The van der Waals surface area contributed by atoms with Gasteiger partial charge in [-0.25, -0.2) is 0 Å². The van der Waals surface area contributed by atoms with E-state index in [1.165, 1.54) is 0 Å². The number of thioether (sulfide) groups is 1. The minimum atomic E-state index is -0.195. The smallest absolute Gasteiger partial charge is 0.251 e. The molecule has 2 aliphatic rings. The molecule has 134 valence electrons. The lowest BCUT2D eigenvalue weighted by Crippen LogP contribution is -2.26. The SMILES string of the molecule is C[C@@H](NC(=O)c1ccc2c(c1)NC(=O)CCS2)c1ccc2c(c1)OCO2. The van der Waals surface area contributed by atoms with Gasteiger partial charge in [-0.2, -0.15) is 0 Å². The van der Waals surface area contributed by atoms with Gasteiger partial charge in [-0.15, -0.1) is 11.8 Å². The van der Waals surface area contributed by atoms with Crippen LogP contribution in [-0.2, 0) is 4.79 Å². The molecule has 0 aromatic heterocycles. The number of amides is 2. The molecule has 4 rings (SSSR count). The van der Waals surface area contributed by atoms with E-state index in [0.29, 0.717) is 29.2 Å². The molecule has 2 N–H and O–H groups in total. The number of nitrogens with one attached hydrogen (secondary N) is 2. The molecule has 0 unspecified atom stereocenters. The second-order valence-electron chi connectivity index (χ2n) is 6.17. The number of hydrogen-bond donors (Lipinski definition) is 2. The van der Waals surface area contributed by atoms with E-state index in [2.05, 4.69) is 10.6 Å². The zero-order valence-electron chi connectivity index (χ0n) is 14.2. The summed E-state index contributed by atoms with van der Waals surface area (Å²) in [6.07, 6.45) is 0.474. The first-order valence-electron chi connectivity index (χ1n) is 8.37. The van der Waals surface area contributed by atoms with Crippen molar-refractivity contribution < 1.29 is 19.1 Å². The molecule has 7 heteroatoms. The lowest BCUT2D eigenvalue weighted by atomic mass is 10.1. The Bertz CT molecular complexity index is 884. The lowest BCUT2D eigenvalue weighted by molar-refractivity contribution is -0.115. The molecule has 2 amide bonds. The van der Waals surface area contributed by atoms with Crippen LogP contribution in [0.25, 0.3) is 0 Å². The third-order valence-corrected chi connectivity index (χ3v) is 5.42. The van der Waals surface area contributed by atoms with Crippen molar-refractivity contribution in [2.75, 3.05) is 17.9 Å². The van der Waals surface area contributed by atoms with E-state index < -0.39 is 0 Å². The van der Waals surface area contributed by atoms with E-state index in [1.54, 1.807) is 23.9 Å². The molecule has 26 heavy (non-hydrogen) atoms. The molecule has 0 saturated carbocycles. The van der Waals surface area contributed by atoms with Gasteiger partial charge in [0.25, 0.3) is 5.91 Å². The van der Waals surface area contributed by atoms with Gasteiger partial charge < -0.3 is 20.1 Å². The zero-order valence-corrected chi connectivity index (χ0v) is 15.0. The molecule has 2 heterocycles. The quantitative estimate of drug-likeness (QED) is 0.867. The highest BCUT2D eigenvalue weighted by Crippen LogP contribution is 2.34. The monoisotopic (exact) mass is 370 g/mol. The highest BCUT2D eigenvalue weighted by molar-refractivity contribution is 7.99. The minimum absolute atomic E-state index is 0.0254. The summed E-state index contributed by atoms with van der Waals surface area (Å²) < 4.78 is 10.7. The number of anilines is 1. The number of carbonyl (C=O) groups is 2. The summed E-state index contributed by atoms with van der Waals surface area (Å²) >= 11 is 1.62. The van der Waals surface area contributed by atoms with E-state index >= 15 is 0 Å². The molecule has 0 radical (unpaired) electrons. The van der Waals surface area contributed by atoms with E-state index in [9.17, 15) is 9.59 Å². The molecule has 6 nitrogen and oxygen atoms in total. The molecule has 2 aliphatic heterocycles. The normalized spacial score (nSPS) is 16.3. The Morgan fingerprint density at radius 2 is 2.04 bits per heavy atom. The predicted octanol–water partition coefficient (Wildman–Crippen LogP) is 3.34. The van der Waals surface area contributed by atoms with E-state index in [1.807, 2.05) is 31.2 Å². The van der Waals surface area contributed by atoms with Crippen molar-refractivity contribution >= 4 is 29.3 Å². The summed E-state index contributed by atoms with van der Waals surface area (Å²) in [7, 11) is 0. The van der Waals surface area contributed by atoms with Gasteiger partial charge in [-0.05, 0) is 42.8 Å². The van der Waals surface area contributed by atoms with Crippen LogP contribution in [0, 0.1) is 0 Å². The van der Waals surface area contributed by atoms with Crippen molar-refractivity contribution in [3.8, 4) is 11.5 Å². The van der Waals surface area contributed by atoms with E-state index in [-0.39, 0.29) is 24.6 Å². The molecule has 1 atom stereocenters. The van der Waals surface area contributed by atoms with Crippen LogP contribution in [0.1, 0.15) is 35.3 Å². The van der Waals surface area contributed by atoms with Crippen LogP contribution in [0.3, 0.4) is 0 Å². The Hall–Kier alpha value is -2.67. The molecule has 0 spiro atoms. The molecule has 2 aromatic carbocycles. The van der Waals surface area contributed by atoms with E-state index in [4.69, 9.17) is 9.47 Å².